The predicted octanol–water partition coefficient (Wildman–Crippen LogP) is 3.05. The van der Waals surface area contributed by atoms with Crippen LogP contribution in [0.3, 0.4) is 0 Å². The number of rotatable bonds is 6. The molecule has 1 aliphatic rings. The molecule has 0 aromatic heterocycles. The van der Waals surface area contributed by atoms with E-state index in [9.17, 15) is 14.4 Å². The summed E-state index contributed by atoms with van der Waals surface area (Å²) < 4.78 is 9.94. The third-order valence-electron chi connectivity index (χ3n) is 3.65. The van der Waals surface area contributed by atoms with Crippen LogP contribution in [-0.4, -0.2) is 34.9 Å². The molecular weight excluding hydrogens is 342 g/mol. The number of nitrogens with zero attached hydrogens (tertiary/aromatic N) is 1. The molecule has 0 aromatic carbocycles. The van der Waals surface area contributed by atoms with Crippen LogP contribution in [0, 0.1) is 11.3 Å². The van der Waals surface area contributed by atoms with Gasteiger partial charge < -0.3 is 9.47 Å². The van der Waals surface area contributed by atoms with Crippen molar-refractivity contribution in [2.24, 2.45) is 11.3 Å². The lowest BCUT2D eigenvalue weighted by Crippen LogP contribution is -2.58. The van der Waals surface area contributed by atoms with Crippen LogP contribution in [-0.2, 0) is 23.9 Å². The van der Waals surface area contributed by atoms with E-state index in [0.29, 0.717) is 12.0 Å². The summed E-state index contributed by atoms with van der Waals surface area (Å²) in [6.07, 6.45) is 0.526. The minimum Gasteiger partial charge on any atom is -0.427 e. The topological polar surface area (TPSA) is 72.9 Å². The summed E-state index contributed by atoms with van der Waals surface area (Å²) in [5, 5.41) is -0.418. The molecule has 1 heterocycles. The van der Waals surface area contributed by atoms with Gasteiger partial charge in [-0.15, -0.1) is 6.58 Å². The highest BCUT2D eigenvalue weighted by molar-refractivity contribution is 7.81. The number of ether oxygens (including phenoxy) is 2. The maximum Gasteiger partial charge on any atom is 0.357 e. The summed E-state index contributed by atoms with van der Waals surface area (Å²) in [5.41, 5.74) is 0.945. The normalized spacial score (nSPS) is 19.8. The molecule has 140 valence electrons. The van der Waals surface area contributed by atoms with Gasteiger partial charge in [-0.1, -0.05) is 5.57 Å². The molecule has 7 heteroatoms. The first-order valence-corrected chi connectivity index (χ1v) is 8.57. The van der Waals surface area contributed by atoms with Gasteiger partial charge in [-0.3, -0.25) is 14.5 Å². The van der Waals surface area contributed by atoms with Crippen LogP contribution in [0.15, 0.2) is 23.4 Å². The SMILES string of the molecule is C=C(C)C[C@H]1C(=O)N(C(C(=O)OCOC(=O)C(C)(C)C)=C(C)C)[C@@H]1S. The molecule has 2 atom stereocenters. The molecule has 1 rings (SSSR count). The van der Waals surface area contributed by atoms with E-state index < -0.39 is 29.5 Å². The number of hydrogen-bond donors (Lipinski definition) is 1. The highest BCUT2D eigenvalue weighted by Gasteiger charge is 2.48. The molecule has 0 saturated carbocycles. The summed E-state index contributed by atoms with van der Waals surface area (Å²) in [5.74, 6) is -1.69. The van der Waals surface area contributed by atoms with Crippen molar-refractivity contribution in [3.63, 3.8) is 0 Å². The van der Waals surface area contributed by atoms with Crippen LogP contribution in [0.5, 0.6) is 0 Å². The molecule has 0 bridgehead atoms. The van der Waals surface area contributed by atoms with Gasteiger partial charge in [0.15, 0.2) is 0 Å². The van der Waals surface area contributed by atoms with Gasteiger partial charge in [-0.2, -0.15) is 12.6 Å². The van der Waals surface area contributed by atoms with Crippen molar-refractivity contribution in [1.29, 1.82) is 0 Å². The van der Waals surface area contributed by atoms with Gasteiger partial charge >= 0.3 is 11.9 Å². The number of carbonyl (C=O) groups is 3. The van der Waals surface area contributed by atoms with Crippen LogP contribution in [0.25, 0.3) is 0 Å². The fourth-order valence-electron chi connectivity index (χ4n) is 2.31. The Morgan fingerprint density at radius 2 is 1.76 bits per heavy atom. The number of thiol groups is 1. The van der Waals surface area contributed by atoms with E-state index in [1.807, 2.05) is 6.92 Å². The molecule has 1 fully saturated rings. The van der Waals surface area contributed by atoms with Crippen LogP contribution in [0.1, 0.15) is 48.0 Å². The molecule has 0 aliphatic carbocycles. The number of hydrogen-bond acceptors (Lipinski definition) is 6. The quantitative estimate of drug-likeness (QED) is 0.195. The Bertz CT molecular complexity index is 613. The highest BCUT2D eigenvalue weighted by atomic mass is 32.1. The Labute approximate surface area is 154 Å². The second-order valence-electron chi connectivity index (χ2n) is 7.47. The first-order valence-electron chi connectivity index (χ1n) is 8.05. The summed E-state index contributed by atoms with van der Waals surface area (Å²) in [4.78, 5) is 37.7. The fourth-order valence-corrected chi connectivity index (χ4v) is 2.77. The van der Waals surface area contributed by atoms with Crippen molar-refractivity contribution in [2.45, 2.75) is 53.3 Å². The van der Waals surface area contributed by atoms with Gasteiger partial charge in [0.1, 0.15) is 5.70 Å². The zero-order valence-electron chi connectivity index (χ0n) is 15.7. The van der Waals surface area contributed by atoms with Crippen LogP contribution in [0.2, 0.25) is 0 Å². The number of amides is 1. The van der Waals surface area contributed by atoms with E-state index in [4.69, 9.17) is 9.47 Å². The molecule has 1 saturated heterocycles. The molecule has 6 nitrogen and oxygen atoms in total. The molecule has 25 heavy (non-hydrogen) atoms. The summed E-state index contributed by atoms with van der Waals surface area (Å²) in [6, 6.07) is 0. The van der Waals surface area contributed by atoms with Gasteiger partial charge in [0.25, 0.3) is 0 Å². The van der Waals surface area contributed by atoms with Gasteiger partial charge in [-0.05, 0) is 53.5 Å². The molecule has 0 radical (unpaired) electrons. The Morgan fingerprint density at radius 3 is 2.16 bits per heavy atom. The van der Waals surface area contributed by atoms with Gasteiger partial charge in [-0.25, -0.2) is 4.79 Å². The third-order valence-corrected chi connectivity index (χ3v) is 4.24. The van der Waals surface area contributed by atoms with Gasteiger partial charge in [0.05, 0.1) is 16.7 Å². The smallest absolute Gasteiger partial charge is 0.357 e. The second kappa shape index (κ2) is 8.08. The third kappa shape index (κ3) is 5.11. The van der Waals surface area contributed by atoms with E-state index in [1.54, 1.807) is 34.6 Å². The van der Waals surface area contributed by atoms with E-state index >= 15 is 0 Å². The number of esters is 2. The Hall–Kier alpha value is -1.76. The number of likely N-dealkylation sites (tertiary alicyclic amines) is 1. The van der Waals surface area contributed by atoms with Gasteiger partial charge in [0.2, 0.25) is 12.7 Å². The first-order chi connectivity index (χ1) is 11.4. The zero-order chi connectivity index (χ0) is 19.5. The lowest BCUT2D eigenvalue weighted by Gasteiger charge is -2.45. The molecule has 1 amide bonds. The maximum absolute atomic E-state index is 12.4. The van der Waals surface area contributed by atoms with E-state index in [0.717, 1.165) is 5.57 Å². The molecule has 1 aliphatic heterocycles. The average Bonchev–Trinajstić information content (AvgIpc) is 2.47. The Morgan fingerprint density at radius 1 is 1.20 bits per heavy atom. The molecule has 0 aromatic rings. The number of carbonyl (C=O) groups excluding carboxylic acids is 3. The van der Waals surface area contributed by atoms with Crippen LogP contribution >= 0.6 is 12.6 Å². The summed E-state index contributed by atoms with van der Waals surface area (Å²) in [6.45, 7) is 13.7. The largest absolute Gasteiger partial charge is 0.427 e. The van der Waals surface area contributed by atoms with E-state index in [1.165, 1.54) is 4.90 Å². The molecule has 0 spiro atoms. The summed E-state index contributed by atoms with van der Waals surface area (Å²) in [7, 11) is 0. The Kier molecular flexibility index (Phi) is 6.88. The van der Waals surface area contributed by atoms with E-state index in [-0.39, 0.29) is 17.5 Å². The molecule has 0 N–H and O–H groups in total. The molecular formula is C18H27NO5S. The first kappa shape index (κ1) is 21.3. The highest BCUT2D eigenvalue weighted by Crippen LogP contribution is 2.38. The standard InChI is InChI=1S/C18H27NO5S/c1-10(2)8-12-14(20)19(15(12)25)13(11(3)4)16(21)23-9-24-17(22)18(5,6)7/h12,15,25H,1,8-9H2,2-7H3/t12-,15+/m0/s1. The van der Waals surface area contributed by atoms with Crippen molar-refractivity contribution >= 4 is 30.5 Å². The summed E-state index contributed by atoms with van der Waals surface area (Å²) >= 11 is 4.44. The Balaban J connectivity index is 2.75. The predicted molar refractivity (Wildman–Crippen MR) is 97.4 cm³/mol. The van der Waals surface area contributed by atoms with Crippen molar-refractivity contribution in [3.8, 4) is 0 Å². The second-order valence-corrected chi connectivity index (χ2v) is 8.00. The minimum atomic E-state index is -0.720. The fraction of sp³-hybridized carbons (Fsp3) is 0.611. The van der Waals surface area contributed by atoms with Crippen molar-refractivity contribution in [1.82, 2.24) is 4.90 Å². The lowest BCUT2D eigenvalue weighted by atomic mass is 9.90. The van der Waals surface area contributed by atoms with Crippen LogP contribution < -0.4 is 0 Å². The van der Waals surface area contributed by atoms with Gasteiger partial charge in [0, 0.05) is 0 Å². The van der Waals surface area contributed by atoms with Crippen molar-refractivity contribution in [2.75, 3.05) is 6.79 Å². The number of β-lactam (4-membered cyclic amide) rings is 1. The number of allylic oxidation sites excluding steroid dienone is 2. The minimum absolute atomic E-state index is 0.134. The molecule has 0 unspecified atom stereocenters. The lowest BCUT2D eigenvalue weighted by molar-refractivity contribution is -0.173. The van der Waals surface area contributed by atoms with E-state index in [2.05, 4.69) is 19.2 Å². The van der Waals surface area contributed by atoms with Crippen molar-refractivity contribution < 1.29 is 23.9 Å². The maximum atomic E-state index is 12.4. The monoisotopic (exact) mass is 369 g/mol. The van der Waals surface area contributed by atoms with Crippen molar-refractivity contribution in [3.05, 3.63) is 23.4 Å². The average molecular weight is 369 g/mol. The zero-order valence-corrected chi connectivity index (χ0v) is 16.6. The van der Waals surface area contributed by atoms with Crippen LogP contribution in [0.4, 0.5) is 0 Å².